The zero-order chi connectivity index (χ0) is 9.68. The van der Waals surface area contributed by atoms with Crippen LogP contribution in [0.25, 0.3) is 0 Å². The highest BCUT2D eigenvalue weighted by Crippen LogP contribution is 2.16. The third-order valence-electron chi connectivity index (χ3n) is 1.52. The summed E-state index contributed by atoms with van der Waals surface area (Å²) in [5.41, 5.74) is 1.66. The molecule has 0 spiro atoms. The molecule has 2 nitrogen and oxygen atoms in total. The van der Waals surface area contributed by atoms with Gasteiger partial charge in [0, 0.05) is 11.9 Å². The highest BCUT2D eigenvalue weighted by atomic mass is 32.2. The van der Waals surface area contributed by atoms with Crippen LogP contribution in [0.1, 0.15) is 25.1 Å². The molecule has 0 bridgehead atoms. The quantitative estimate of drug-likeness (QED) is 0.738. The monoisotopic (exact) mass is 192 g/mol. The molecule has 0 fully saturated rings. The molecule has 68 valence electrons. The minimum atomic E-state index is 0.485. The van der Waals surface area contributed by atoms with Crippen LogP contribution in [0.4, 0.5) is 0 Å². The summed E-state index contributed by atoms with van der Waals surface area (Å²) in [6.07, 6.45) is 1.77. The number of hydrogen-bond acceptors (Lipinski definition) is 3. The van der Waals surface area contributed by atoms with Gasteiger partial charge in [0.05, 0.1) is 0 Å². The van der Waals surface area contributed by atoms with E-state index in [1.807, 2.05) is 23.9 Å². The van der Waals surface area contributed by atoms with Crippen LogP contribution in [0, 0.1) is 11.3 Å². The molecule has 1 aromatic rings. The highest BCUT2D eigenvalue weighted by Gasteiger charge is 1.97. The van der Waals surface area contributed by atoms with E-state index in [0.717, 1.165) is 5.75 Å². The van der Waals surface area contributed by atoms with Gasteiger partial charge in [-0.05, 0) is 16.9 Å². The zero-order valence-electron chi connectivity index (χ0n) is 7.82. The van der Waals surface area contributed by atoms with Crippen LogP contribution in [0.2, 0.25) is 0 Å². The van der Waals surface area contributed by atoms with E-state index < -0.39 is 0 Å². The molecule has 1 heterocycles. The van der Waals surface area contributed by atoms with E-state index in [1.165, 1.54) is 5.56 Å². The fourth-order valence-electron chi connectivity index (χ4n) is 0.839. The van der Waals surface area contributed by atoms with Gasteiger partial charge in [0.2, 0.25) is 0 Å². The van der Waals surface area contributed by atoms with Crippen LogP contribution < -0.4 is 0 Å². The Kier molecular flexibility index (Phi) is 3.78. The summed E-state index contributed by atoms with van der Waals surface area (Å²) in [7, 11) is 0. The van der Waals surface area contributed by atoms with E-state index in [0.29, 0.717) is 10.9 Å². The van der Waals surface area contributed by atoms with Crippen molar-refractivity contribution in [3.8, 4) is 6.07 Å². The summed E-state index contributed by atoms with van der Waals surface area (Å²) >= 11 is 1.87. The van der Waals surface area contributed by atoms with Crippen molar-refractivity contribution in [3.63, 3.8) is 0 Å². The SMILES string of the molecule is CC(C)SCc1ccc(C#N)nc1. The second kappa shape index (κ2) is 4.88. The van der Waals surface area contributed by atoms with Crippen LogP contribution >= 0.6 is 11.8 Å². The van der Waals surface area contributed by atoms with E-state index in [9.17, 15) is 0 Å². The van der Waals surface area contributed by atoms with Crippen LogP contribution in [-0.2, 0) is 5.75 Å². The Morgan fingerprint density at radius 3 is 2.77 bits per heavy atom. The maximum atomic E-state index is 8.53. The van der Waals surface area contributed by atoms with Gasteiger partial charge in [-0.2, -0.15) is 17.0 Å². The number of rotatable bonds is 3. The number of pyridine rings is 1. The van der Waals surface area contributed by atoms with Gasteiger partial charge < -0.3 is 0 Å². The minimum absolute atomic E-state index is 0.485. The van der Waals surface area contributed by atoms with Crippen molar-refractivity contribution < 1.29 is 0 Å². The second-order valence-corrected chi connectivity index (χ2v) is 4.59. The lowest BCUT2D eigenvalue weighted by Crippen LogP contribution is -1.90. The van der Waals surface area contributed by atoms with E-state index in [-0.39, 0.29) is 0 Å². The Bertz CT molecular complexity index is 298. The molecule has 0 saturated carbocycles. The van der Waals surface area contributed by atoms with Gasteiger partial charge in [-0.3, -0.25) is 0 Å². The number of thioether (sulfide) groups is 1. The smallest absolute Gasteiger partial charge is 0.140 e. The molecule has 0 atom stereocenters. The Morgan fingerprint density at radius 1 is 1.54 bits per heavy atom. The van der Waals surface area contributed by atoms with Crippen molar-refractivity contribution in [1.29, 1.82) is 5.26 Å². The van der Waals surface area contributed by atoms with Gasteiger partial charge in [0.25, 0.3) is 0 Å². The average molecular weight is 192 g/mol. The molecule has 0 unspecified atom stereocenters. The van der Waals surface area contributed by atoms with Crippen molar-refractivity contribution in [2.75, 3.05) is 0 Å². The minimum Gasteiger partial charge on any atom is -0.245 e. The molecule has 1 aromatic heterocycles. The number of aromatic nitrogens is 1. The molecule has 0 radical (unpaired) electrons. The fraction of sp³-hybridized carbons (Fsp3) is 0.400. The van der Waals surface area contributed by atoms with Gasteiger partial charge in [-0.1, -0.05) is 19.9 Å². The lowest BCUT2D eigenvalue weighted by Gasteiger charge is -2.03. The highest BCUT2D eigenvalue weighted by molar-refractivity contribution is 7.99. The normalized spacial score (nSPS) is 10.0. The summed E-state index contributed by atoms with van der Waals surface area (Å²) in [5, 5.41) is 9.16. The van der Waals surface area contributed by atoms with Crippen molar-refractivity contribution >= 4 is 11.8 Å². The number of nitrogens with zero attached hydrogens (tertiary/aromatic N) is 2. The Labute approximate surface area is 83.0 Å². The Morgan fingerprint density at radius 2 is 2.31 bits per heavy atom. The Balaban J connectivity index is 2.55. The first kappa shape index (κ1) is 10.1. The van der Waals surface area contributed by atoms with E-state index in [1.54, 1.807) is 12.3 Å². The molecule has 0 aliphatic heterocycles. The van der Waals surface area contributed by atoms with Crippen LogP contribution in [0.3, 0.4) is 0 Å². The molecular weight excluding hydrogens is 180 g/mol. The Hall–Kier alpha value is -1.01. The van der Waals surface area contributed by atoms with Crippen molar-refractivity contribution in [1.82, 2.24) is 4.98 Å². The first-order valence-electron chi connectivity index (χ1n) is 4.19. The van der Waals surface area contributed by atoms with E-state index in [4.69, 9.17) is 5.26 Å². The van der Waals surface area contributed by atoms with Gasteiger partial charge in [0.1, 0.15) is 11.8 Å². The van der Waals surface area contributed by atoms with Crippen LogP contribution in [0.5, 0.6) is 0 Å². The third kappa shape index (κ3) is 3.47. The topological polar surface area (TPSA) is 36.7 Å². The van der Waals surface area contributed by atoms with Crippen molar-refractivity contribution in [2.24, 2.45) is 0 Å². The van der Waals surface area contributed by atoms with Gasteiger partial charge in [-0.15, -0.1) is 0 Å². The van der Waals surface area contributed by atoms with E-state index in [2.05, 4.69) is 18.8 Å². The molecule has 0 N–H and O–H groups in total. The maximum absolute atomic E-state index is 8.53. The van der Waals surface area contributed by atoms with Gasteiger partial charge >= 0.3 is 0 Å². The zero-order valence-corrected chi connectivity index (χ0v) is 8.64. The standard InChI is InChI=1S/C10H12N2S/c1-8(2)13-7-9-3-4-10(5-11)12-6-9/h3-4,6,8H,7H2,1-2H3. The fourth-order valence-corrected chi connectivity index (χ4v) is 1.54. The largest absolute Gasteiger partial charge is 0.245 e. The molecule has 0 saturated heterocycles. The number of nitriles is 1. The lowest BCUT2D eigenvalue weighted by molar-refractivity contribution is 1.10. The van der Waals surface area contributed by atoms with Crippen molar-refractivity contribution in [3.05, 3.63) is 29.6 Å². The lowest BCUT2D eigenvalue weighted by atomic mass is 10.3. The van der Waals surface area contributed by atoms with Crippen LogP contribution in [0.15, 0.2) is 18.3 Å². The molecule has 0 aliphatic rings. The average Bonchev–Trinajstić information content (AvgIpc) is 2.15. The predicted octanol–water partition coefficient (Wildman–Crippen LogP) is 2.59. The van der Waals surface area contributed by atoms with Gasteiger partial charge in [0.15, 0.2) is 0 Å². The first-order chi connectivity index (χ1) is 6.22. The maximum Gasteiger partial charge on any atom is 0.140 e. The summed E-state index contributed by atoms with van der Waals surface area (Å²) < 4.78 is 0. The third-order valence-corrected chi connectivity index (χ3v) is 2.69. The van der Waals surface area contributed by atoms with E-state index >= 15 is 0 Å². The molecular formula is C10H12N2S. The van der Waals surface area contributed by atoms with Crippen LogP contribution in [-0.4, -0.2) is 10.2 Å². The second-order valence-electron chi connectivity index (χ2n) is 3.02. The molecule has 0 aromatic carbocycles. The summed E-state index contributed by atoms with van der Waals surface area (Å²) in [6, 6.07) is 5.72. The summed E-state index contributed by atoms with van der Waals surface area (Å²) in [4.78, 5) is 4.00. The molecule has 0 aliphatic carbocycles. The summed E-state index contributed by atoms with van der Waals surface area (Å²) in [6.45, 7) is 4.34. The first-order valence-corrected chi connectivity index (χ1v) is 5.24. The molecule has 13 heavy (non-hydrogen) atoms. The summed E-state index contributed by atoms with van der Waals surface area (Å²) in [5.74, 6) is 0.969. The molecule has 1 rings (SSSR count). The predicted molar refractivity (Wildman–Crippen MR) is 55.4 cm³/mol. The number of hydrogen-bond donors (Lipinski definition) is 0. The molecule has 0 amide bonds. The molecule has 3 heteroatoms. The van der Waals surface area contributed by atoms with Crippen molar-refractivity contribution in [2.45, 2.75) is 24.9 Å². The van der Waals surface area contributed by atoms with Gasteiger partial charge in [-0.25, -0.2) is 4.98 Å².